The van der Waals surface area contributed by atoms with Gasteiger partial charge in [-0.05, 0) is 43.4 Å². The molecule has 2 unspecified atom stereocenters. The van der Waals surface area contributed by atoms with Gasteiger partial charge in [0.2, 0.25) is 0 Å². The number of benzene rings is 1. The van der Waals surface area contributed by atoms with E-state index in [1.807, 2.05) is 29.1 Å². The highest BCUT2D eigenvalue weighted by molar-refractivity contribution is 5.30. The number of aliphatic hydroxyl groups excluding tert-OH is 1. The largest absolute Gasteiger partial charge is 0.393 e. The fraction of sp³-hybridized carbons (Fsp3) is 0.471. The molecular weight excluding hydrogens is 248 g/mol. The third kappa shape index (κ3) is 3.10. The van der Waals surface area contributed by atoms with Crippen LogP contribution in [0.4, 0.5) is 0 Å². The summed E-state index contributed by atoms with van der Waals surface area (Å²) in [5, 5.41) is 14.8. The molecule has 1 aromatic heterocycles. The lowest BCUT2D eigenvalue weighted by Crippen LogP contribution is -2.21. The van der Waals surface area contributed by atoms with Crippen LogP contribution in [0.1, 0.15) is 37.8 Å². The Morgan fingerprint density at radius 3 is 2.70 bits per heavy atom. The molecule has 106 valence electrons. The molecule has 1 aliphatic rings. The van der Waals surface area contributed by atoms with Crippen molar-refractivity contribution in [3.8, 4) is 5.69 Å². The first-order chi connectivity index (χ1) is 9.83. The Bertz CT molecular complexity index is 535. The number of nitrogens with zero attached hydrogens (tertiary/aromatic N) is 2. The number of para-hydroxylation sites is 1. The van der Waals surface area contributed by atoms with Gasteiger partial charge in [-0.3, -0.25) is 0 Å². The van der Waals surface area contributed by atoms with Crippen LogP contribution in [-0.2, 0) is 6.42 Å². The third-order valence-electron chi connectivity index (χ3n) is 4.26. The van der Waals surface area contributed by atoms with Crippen LogP contribution < -0.4 is 0 Å². The van der Waals surface area contributed by atoms with Crippen LogP contribution in [0.5, 0.6) is 0 Å². The number of aromatic nitrogens is 2. The minimum absolute atomic E-state index is 0.153. The van der Waals surface area contributed by atoms with Gasteiger partial charge < -0.3 is 5.11 Å². The van der Waals surface area contributed by atoms with E-state index >= 15 is 0 Å². The predicted molar refractivity (Wildman–Crippen MR) is 79.8 cm³/mol. The quantitative estimate of drug-likeness (QED) is 0.868. The van der Waals surface area contributed by atoms with Crippen LogP contribution >= 0.6 is 0 Å². The predicted octanol–water partition coefficient (Wildman–Crippen LogP) is 3.36. The number of aliphatic hydroxyl groups is 1. The molecular formula is C17H22N2O. The van der Waals surface area contributed by atoms with Gasteiger partial charge in [-0.15, -0.1) is 0 Å². The smallest absolute Gasteiger partial charge is 0.0645 e. The Morgan fingerprint density at radius 2 is 1.85 bits per heavy atom. The van der Waals surface area contributed by atoms with Crippen molar-refractivity contribution in [3.63, 3.8) is 0 Å². The maximum Gasteiger partial charge on any atom is 0.0645 e. The SMILES string of the molecule is OC1CCCCCC1Cc1ccn(-c2ccccc2)n1. The van der Waals surface area contributed by atoms with E-state index in [1.54, 1.807) is 0 Å². The van der Waals surface area contributed by atoms with E-state index < -0.39 is 0 Å². The summed E-state index contributed by atoms with van der Waals surface area (Å²) < 4.78 is 1.92. The molecule has 1 heterocycles. The lowest BCUT2D eigenvalue weighted by atomic mass is 9.92. The van der Waals surface area contributed by atoms with Crippen molar-refractivity contribution in [2.24, 2.45) is 5.92 Å². The third-order valence-corrected chi connectivity index (χ3v) is 4.26. The Balaban J connectivity index is 1.71. The normalized spacial score (nSPS) is 23.4. The zero-order chi connectivity index (χ0) is 13.8. The number of rotatable bonds is 3. The summed E-state index contributed by atoms with van der Waals surface area (Å²) in [7, 11) is 0. The van der Waals surface area contributed by atoms with E-state index in [2.05, 4.69) is 23.3 Å². The Hall–Kier alpha value is -1.61. The molecule has 0 bridgehead atoms. The van der Waals surface area contributed by atoms with Crippen molar-refractivity contribution in [1.29, 1.82) is 0 Å². The highest BCUT2D eigenvalue weighted by Crippen LogP contribution is 2.26. The molecule has 0 aliphatic heterocycles. The second-order valence-corrected chi connectivity index (χ2v) is 5.76. The minimum atomic E-state index is -0.153. The van der Waals surface area contributed by atoms with Gasteiger partial charge in [-0.2, -0.15) is 5.10 Å². The second kappa shape index (κ2) is 6.23. The fourth-order valence-corrected chi connectivity index (χ4v) is 3.07. The first-order valence-corrected chi connectivity index (χ1v) is 7.61. The first-order valence-electron chi connectivity index (χ1n) is 7.61. The van der Waals surface area contributed by atoms with Crippen molar-refractivity contribution in [2.75, 3.05) is 0 Å². The minimum Gasteiger partial charge on any atom is -0.393 e. The van der Waals surface area contributed by atoms with Gasteiger partial charge in [0.15, 0.2) is 0 Å². The molecule has 0 saturated heterocycles. The summed E-state index contributed by atoms with van der Waals surface area (Å²) in [6.45, 7) is 0. The van der Waals surface area contributed by atoms with Crippen molar-refractivity contribution < 1.29 is 5.11 Å². The molecule has 3 heteroatoms. The van der Waals surface area contributed by atoms with E-state index in [0.717, 1.165) is 37.1 Å². The Morgan fingerprint density at radius 1 is 1.05 bits per heavy atom. The van der Waals surface area contributed by atoms with Gasteiger partial charge in [0.1, 0.15) is 0 Å². The van der Waals surface area contributed by atoms with Crippen LogP contribution in [0.15, 0.2) is 42.6 Å². The van der Waals surface area contributed by atoms with E-state index in [1.165, 1.54) is 12.8 Å². The van der Waals surface area contributed by atoms with Gasteiger partial charge in [0, 0.05) is 6.20 Å². The van der Waals surface area contributed by atoms with Crippen LogP contribution in [0, 0.1) is 5.92 Å². The van der Waals surface area contributed by atoms with Crippen LogP contribution in [-0.4, -0.2) is 21.0 Å². The zero-order valence-corrected chi connectivity index (χ0v) is 11.8. The molecule has 2 atom stereocenters. The Labute approximate surface area is 120 Å². The molecule has 20 heavy (non-hydrogen) atoms. The zero-order valence-electron chi connectivity index (χ0n) is 11.8. The number of hydrogen-bond acceptors (Lipinski definition) is 2. The summed E-state index contributed by atoms with van der Waals surface area (Å²) in [6.07, 6.45) is 8.47. The van der Waals surface area contributed by atoms with Crippen molar-refractivity contribution in [3.05, 3.63) is 48.3 Å². The van der Waals surface area contributed by atoms with Crippen LogP contribution in [0.3, 0.4) is 0 Å². The monoisotopic (exact) mass is 270 g/mol. The lowest BCUT2D eigenvalue weighted by Gasteiger charge is -2.18. The summed E-state index contributed by atoms with van der Waals surface area (Å²) in [5.41, 5.74) is 2.17. The summed E-state index contributed by atoms with van der Waals surface area (Å²) >= 11 is 0. The molecule has 0 radical (unpaired) electrons. The topological polar surface area (TPSA) is 38.0 Å². The summed E-state index contributed by atoms with van der Waals surface area (Å²) in [4.78, 5) is 0. The average Bonchev–Trinajstić information content (AvgIpc) is 2.86. The molecule has 3 rings (SSSR count). The Kier molecular flexibility index (Phi) is 4.16. The van der Waals surface area contributed by atoms with E-state index in [-0.39, 0.29) is 6.10 Å². The first kappa shape index (κ1) is 13.4. The van der Waals surface area contributed by atoms with Gasteiger partial charge in [0.25, 0.3) is 0 Å². The molecule has 1 saturated carbocycles. The molecule has 0 spiro atoms. The van der Waals surface area contributed by atoms with Crippen molar-refractivity contribution in [2.45, 2.75) is 44.6 Å². The maximum atomic E-state index is 10.2. The van der Waals surface area contributed by atoms with Crippen LogP contribution in [0.25, 0.3) is 5.69 Å². The molecule has 0 amide bonds. The highest BCUT2D eigenvalue weighted by Gasteiger charge is 2.22. The van der Waals surface area contributed by atoms with E-state index in [0.29, 0.717) is 5.92 Å². The van der Waals surface area contributed by atoms with Gasteiger partial charge in [0.05, 0.1) is 17.5 Å². The second-order valence-electron chi connectivity index (χ2n) is 5.76. The van der Waals surface area contributed by atoms with Crippen LogP contribution in [0.2, 0.25) is 0 Å². The summed E-state index contributed by atoms with van der Waals surface area (Å²) in [5.74, 6) is 0.372. The van der Waals surface area contributed by atoms with E-state index in [4.69, 9.17) is 0 Å². The highest BCUT2D eigenvalue weighted by atomic mass is 16.3. The van der Waals surface area contributed by atoms with Gasteiger partial charge in [-0.1, -0.05) is 37.5 Å². The molecule has 1 N–H and O–H groups in total. The number of hydrogen-bond donors (Lipinski definition) is 1. The fourth-order valence-electron chi connectivity index (χ4n) is 3.07. The average molecular weight is 270 g/mol. The van der Waals surface area contributed by atoms with Gasteiger partial charge in [-0.25, -0.2) is 4.68 Å². The standard InChI is InChI=1S/C17H22N2O/c20-17-10-6-1-3-7-14(17)13-15-11-12-19(18-15)16-8-4-2-5-9-16/h2,4-5,8-9,11-12,14,17,20H,1,3,6-7,10,13H2. The molecule has 3 nitrogen and oxygen atoms in total. The lowest BCUT2D eigenvalue weighted by molar-refractivity contribution is 0.100. The molecule has 1 aromatic carbocycles. The maximum absolute atomic E-state index is 10.2. The van der Waals surface area contributed by atoms with Gasteiger partial charge >= 0.3 is 0 Å². The van der Waals surface area contributed by atoms with E-state index in [9.17, 15) is 5.11 Å². The van der Waals surface area contributed by atoms with Crippen molar-refractivity contribution >= 4 is 0 Å². The molecule has 1 fully saturated rings. The molecule has 2 aromatic rings. The molecule has 1 aliphatic carbocycles. The summed E-state index contributed by atoms with van der Waals surface area (Å²) in [6, 6.07) is 12.2. The van der Waals surface area contributed by atoms with Crippen molar-refractivity contribution in [1.82, 2.24) is 9.78 Å².